The quantitative estimate of drug-likeness (QED) is 0.839. The fourth-order valence-corrected chi connectivity index (χ4v) is 2.72. The largest absolute Gasteiger partial charge is 0.332 e. The van der Waals surface area contributed by atoms with Crippen molar-refractivity contribution in [1.82, 2.24) is 9.88 Å². The fourth-order valence-electron chi connectivity index (χ4n) is 2.72. The van der Waals surface area contributed by atoms with E-state index in [-0.39, 0.29) is 17.8 Å². The minimum Gasteiger partial charge on any atom is -0.332 e. The van der Waals surface area contributed by atoms with Crippen LogP contribution in [0.15, 0.2) is 48.8 Å². The Hall–Kier alpha value is -2.23. The lowest BCUT2D eigenvalue weighted by molar-refractivity contribution is 0.0735. The third-order valence-electron chi connectivity index (χ3n) is 3.65. The molecule has 1 aromatic carbocycles. The Morgan fingerprint density at radius 3 is 2.95 bits per heavy atom. The van der Waals surface area contributed by atoms with E-state index in [2.05, 4.69) is 4.98 Å². The van der Waals surface area contributed by atoms with E-state index in [4.69, 9.17) is 0 Å². The van der Waals surface area contributed by atoms with Gasteiger partial charge in [-0.15, -0.1) is 0 Å². The highest BCUT2D eigenvalue weighted by Gasteiger charge is 2.30. The molecule has 1 aliphatic heterocycles. The summed E-state index contributed by atoms with van der Waals surface area (Å²) in [6.07, 6.45) is 5.40. The molecule has 1 saturated heterocycles. The Labute approximate surface area is 117 Å². The van der Waals surface area contributed by atoms with Gasteiger partial charge in [0.1, 0.15) is 5.82 Å². The second-order valence-corrected chi connectivity index (χ2v) is 4.95. The average molecular weight is 270 g/mol. The molecule has 102 valence electrons. The van der Waals surface area contributed by atoms with Crippen LogP contribution in [0.25, 0.3) is 0 Å². The molecule has 1 aromatic heterocycles. The van der Waals surface area contributed by atoms with Crippen molar-refractivity contribution in [3.63, 3.8) is 0 Å². The zero-order valence-corrected chi connectivity index (χ0v) is 11.0. The van der Waals surface area contributed by atoms with Gasteiger partial charge >= 0.3 is 0 Å². The van der Waals surface area contributed by atoms with E-state index in [1.807, 2.05) is 17.0 Å². The second-order valence-electron chi connectivity index (χ2n) is 4.95. The number of benzene rings is 1. The number of carbonyl (C=O) groups excluding carboxylic acids is 1. The van der Waals surface area contributed by atoms with Crippen LogP contribution in [0.4, 0.5) is 4.39 Å². The summed E-state index contributed by atoms with van der Waals surface area (Å²) in [6, 6.07) is 9.76. The first kappa shape index (κ1) is 12.8. The van der Waals surface area contributed by atoms with E-state index in [1.165, 1.54) is 12.1 Å². The summed E-state index contributed by atoms with van der Waals surface area (Å²) >= 11 is 0. The highest BCUT2D eigenvalue weighted by Crippen LogP contribution is 2.32. The van der Waals surface area contributed by atoms with Crippen molar-refractivity contribution in [2.24, 2.45) is 0 Å². The van der Waals surface area contributed by atoms with Gasteiger partial charge in [0.2, 0.25) is 0 Å². The lowest BCUT2D eigenvalue weighted by Crippen LogP contribution is -2.30. The predicted molar refractivity (Wildman–Crippen MR) is 73.6 cm³/mol. The zero-order chi connectivity index (χ0) is 13.9. The molecule has 1 aliphatic rings. The molecule has 0 radical (unpaired) electrons. The lowest BCUT2D eigenvalue weighted by atomic mass is 10.1. The molecular formula is C16H15FN2O. The minimum absolute atomic E-state index is 0.0412. The smallest absolute Gasteiger partial charge is 0.254 e. The predicted octanol–water partition coefficient (Wildman–Crippen LogP) is 3.20. The van der Waals surface area contributed by atoms with Gasteiger partial charge in [-0.05, 0) is 42.7 Å². The Morgan fingerprint density at radius 2 is 2.20 bits per heavy atom. The lowest BCUT2D eigenvalue weighted by Gasteiger charge is -2.25. The number of rotatable bonds is 2. The number of hydrogen-bond acceptors (Lipinski definition) is 2. The van der Waals surface area contributed by atoms with E-state index in [9.17, 15) is 9.18 Å². The standard InChI is InChI=1S/C16H15FN2O/c17-14-6-1-4-12(10-14)16(20)19-9-3-7-15(19)13-5-2-8-18-11-13/h1-2,4-6,8,10-11,15H,3,7,9H2. The molecule has 2 aromatic rings. The van der Waals surface area contributed by atoms with Gasteiger partial charge in [0, 0.05) is 24.5 Å². The van der Waals surface area contributed by atoms with Crippen molar-refractivity contribution in [2.75, 3.05) is 6.54 Å². The molecule has 0 bridgehead atoms. The highest BCUT2D eigenvalue weighted by atomic mass is 19.1. The van der Waals surface area contributed by atoms with Crippen LogP contribution < -0.4 is 0 Å². The third-order valence-corrected chi connectivity index (χ3v) is 3.65. The topological polar surface area (TPSA) is 33.2 Å². The molecule has 4 heteroatoms. The van der Waals surface area contributed by atoms with Gasteiger partial charge in [-0.2, -0.15) is 0 Å². The minimum atomic E-state index is -0.382. The van der Waals surface area contributed by atoms with Crippen LogP contribution in [0, 0.1) is 5.82 Å². The maximum Gasteiger partial charge on any atom is 0.254 e. The van der Waals surface area contributed by atoms with Gasteiger partial charge in [0.05, 0.1) is 6.04 Å². The van der Waals surface area contributed by atoms with Crippen molar-refractivity contribution in [3.05, 3.63) is 65.7 Å². The van der Waals surface area contributed by atoms with E-state index in [0.717, 1.165) is 18.4 Å². The summed E-state index contributed by atoms with van der Waals surface area (Å²) in [6.45, 7) is 0.703. The third kappa shape index (κ3) is 2.41. The Kier molecular flexibility index (Phi) is 3.46. The number of carbonyl (C=O) groups is 1. The highest BCUT2D eigenvalue weighted by molar-refractivity contribution is 5.94. The van der Waals surface area contributed by atoms with Gasteiger partial charge in [-0.25, -0.2) is 4.39 Å². The number of likely N-dealkylation sites (tertiary alicyclic amines) is 1. The van der Waals surface area contributed by atoms with Crippen LogP contribution in [-0.4, -0.2) is 22.3 Å². The molecular weight excluding hydrogens is 255 g/mol. The SMILES string of the molecule is O=C(c1cccc(F)c1)N1CCCC1c1cccnc1. The Balaban J connectivity index is 1.87. The van der Waals surface area contributed by atoms with Gasteiger partial charge in [-0.1, -0.05) is 12.1 Å². The van der Waals surface area contributed by atoms with Gasteiger partial charge in [0.25, 0.3) is 5.91 Å². The molecule has 3 nitrogen and oxygen atoms in total. The van der Waals surface area contributed by atoms with Crippen molar-refractivity contribution in [3.8, 4) is 0 Å². The van der Waals surface area contributed by atoms with Crippen molar-refractivity contribution < 1.29 is 9.18 Å². The maximum atomic E-state index is 13.3. The number of pyridine rings is 1. The summed E-state index contributed by atoms with van der Waals surface area (Å²) in [4.78, 5) is 18.4. The Morgan fingerprint density at radius 1 is 1.30 bits per heavy atom. The normalized spacial score (nSPS) is 18.2. The van der Waals surface area contributed by atoms with Crippen LogP contribution in [-0.2, 0) is 0 Å². The Bertz CT molecular complexity index is 615. The summed E-state index contributed by atoms with van der Waals surface area (Å²) in [7, 11) is 0. The summed E-state index contributed by atoms with van der Waals surface area (Å²) < 4.78 is 13.3. The van der Waals surface area contributed by atoms with E-state index in [0.29, 0.717) is 12.1 Å². The van der Waals surface area contributed by atoms with Crippen molar-refractivity contribution in [2.45, 2.75) is 18.9 Å². The first-order valence-electron chi connectivity index (χ1n) is 6.72. The molecule has 1 amide bonds. The van der Waals surface area contributed by atoms with Gasteiger partial charge in [-0.3, -0.25) is 9.78 Å². The number of amides is 1. The zero-order valence-electron chi connectivity index (χ0n) is 11.0. The molecule has 0 saturated carbocycles. The van der Waals surface area contributed by atoms with E-state index >= 15 is 0 Å². The van der Waals surface area contributed by atoms with E-state index in [1.54, 1.807) is 24.5 Å². The van der Waals surface area contributed by atoms with Crippen molar-refractivity contribution in [1.29, 1.82) is 0 Å². The molecule has 1 fully saturated rings. The molecule has 0 N–H and O–H groups in total. The van der Waals surface area contributed by atoms with Crippen LogP contribution in [0.3, 0.4) is 0 Å². The summed E-state index contributed by atoms with van der Waals surface area (Å²) in [5.41, 5.74) is 1.44. The van der Waals surface area contributed by atoms with Crippen molar-refractivity contribution >= 4 is 5.91 Å². The molecule has 1 unspecified atom stereocenters. The van der Waals surface area contributed by atoms with Gasteiger partial charge in [0.15, 0.2) is 0 Å². The van der Waals surface area contributed by atoms with Gasteiger partial charge < -0.3 is 4.90 Å². The molecule has 0 aliphatic carbocycles. The molecule has 1 atom stereocenters. The average Bonchev–Trinajstić information content (AvgIpc) is 2.97. The first-order valence-corrected chi connectivity index (χ1v) is 6.72. The molecule has 3 rings (SSSR count). The second kappa shape index (κ2) is 5.41. The van der Waals surface area contributed by atoms with E-state index < -0.39 is 0 Å². The van der Waals surface area contributed by atoms with Crippen LogP contribution in [0.5, 0.6) is 0 Å². The summed E-state index contributed by atoms with van der Waals surface area (Å²) in [5, 5.41) is 0. The monoisotopic (exact) mass is 270 g/mol. The maximum absolute atomic E-state index is 13.3. The fraction of sp³-hybridized carbons (Fsp3) is 0.250. The van der Waals surface area contributed by atoms with Crippen LogP contribution >= 0.6 is 0 Å². The van der Waals surface area contributed by atoms with Crippen LogP contribution in [0.2, 0.25) is 0 Å². The molecule has 0 spiro atoms. The summed E-state index contributed by atoms with van der Waals surface area (Å²) in [5.74, 6) is -0.496. The number of aromatic nitrogens is 1. The number of hydrogen-bond donors (Lipinski definition) is 0. The molecule has 20 heavy (non-hydrogen) atoms. The number of halogens is 1. The number of nitrogens with zero attached hydrogens (tertiary/aromatic N) is 2. The first-order chi connectivity index (χ1) is 9.75. The van der Waals surface area contributed by atoms with Crippen LogP contribution in [0.1, 0.15) is 34.8 Å². The molecule has 2 heterocycles.